The van der Waals surface area contributed by atoms with E-state index < -0.39 is 24.3 Å². The maximum absolute atomic E-state index is 14.5. The number of rotatable bonds is 9. The summed E-state index contributed by atoms with van der Waals surface area (Å²) in [6.07, 6.45) is -3.93. The molecule has 4 rings (SSSR count). The van der Waals surface area contributed by atoms with Crippen LogP contribution in [0.4, 0.5) is 13.2 Å². The molecule has 0 spiro atoms. The van der Waals surface area contributed by atoms with Crippen molar-refractivity contribution in [3.05, 3.63) is 83.4 Å². The van der Waals surface area contributed by atoms with Gasteiger partial charge in [-0.2, -0.15) is 23.3 Å². The molecule has 0 aliphatic heterocycles. The number of benzene rings is 2. The van der Waals surface area contributed by atoms with Crippen LogP contribution < -0.4 is 15.2 Å². The molecular weight excluding hydrogens is 515 g/mol. The van der Waals surface area contributed by atoms with E-state index in [1.165, 1.54) is 36.2 Å². The number of hydrogen-bond donors (Lipinski definition) is 2. The lowest BCUT2D eigenvalue weighted by Crippen LogP contribution is -2.32. The third kappa shape index (κ3) is 6.52. The summed E-state index contributed by atoms with van der Waals surface area (Å²) in [7, 11) is 1.36. The lowest BCUT2D eigenvalue weighted by Gasteiger charge is -2.24. The Hall–Kier alpha value is -4.45. The van der Waals surface area contributed by atoms with Gasteiger partial charge in [0.05, 0.1) is 24.7 Å². The second-order valence-electron chi connectivity index (χ2n) is 8.91. The Morgan fingerprint density at radius 1 is 1.10 bits per heavy atom. The van der Waals surface area contributed by atoms with Crippen molar-refractivity contribution in [3.8, 4) is 28.6 Å². The largest absolute Gasteiger partial charge is 0.497 e. The Bertz CT molecular complexity index is 1470. The lowest BCUT2D eigenvalue weighted by molar-refractivity contribution is -0.198. The van der Waals surface area contributed by atoms with Crippen LogP contribution >= 0.6 is 0 Å². The van der Waals surface area contributed by atoms with E-state index >= 15 is 0 Å². The molecule has 12 heteroatoms. The van der Waals surface area contributed by atoms with Crippen LogP contribution in [0.3, 0.4) is 0 Å². The van der Waals surface area contributed by atoms with Crippen molar-refractivity contribution in [3.63, 3.8) is 0 Å². The minimum atomic E-state index is -4.81. The van der Waals surface area contributed by atoms with Crippen LogP contribution in [0.5, 0.6) is 11.6 Å². The molecule has 4 aromatic rings. The van der Waals surface area contributed by atoms with E-state index in [1.54, 1.807) is 50.4 Å². The molecular formula is C27H26F3N5O4. The van der Waals surface area contributed by atoms with E-state index in [0.29, 0.717) is 16.8 Å². The minimum absolute atomic E-state index is 0.124. The molecule has 0 amide bonds. The molecule has 0 aliphatic carbocycles. The first kappa shape index (κ1) is 27.6. The Morgan fingerprint density at radius 3 is 2.41 bits per heavy atom. The van der Waals surface area contributed by atoms with E-state index in [0.717, 1.165) is 5.56 Å². The van der Waals surface area contributed by atoms with Crippen molar-refractivity contribution in [1.29, 1.82) is 0 Å². The number of aryl methyl sites for hydroxylation is 2. The molecule has 204 valence electrons. The molecule has 0 fully saturated rings. The number of carboxylic acid groups (broad SMARTS) is 1. The number of aliphatic carboxylic acids is 1. The molecule has 3 N–H and O–H groups in total. The van der Waals surface area contributed by atoms with Crippen molar-refractivity contribution in [2.24, 2.45) is 5.73 Å². The smallest absolute Gasteiger partial charge is 0.429 e. The number of carboxylic acids is 1. The monoisotopic (exact) mass is 541 g/mol. The maximum Gasteiger partial charge on any atom is 0.429 e. The van der Waals surface area contributed by atoms with Crippen molar-refractivity contribution < 1.29 is 32.5 Å². The van der Waals surface area contributed by atoms with Gasteiger partial charge in [0, 0.05) is 23.4 Å². The van der Waals surface area contributed by atoms with Gasteiger partial charge in [-0.05, 0) is 49.6 Å². The van der Waals surface area contributed by atoms with Crippen molar-refractivity contribution in [1.82, 2.24) is 19.7 Å². The molecule has 2 heterocycles. The van der Waals surface area contributed by atoms with Crippen LogP contribution in [0.1, 0.15) is 28.6 Å². The SMILES string of the molecule is COc1ccc(-n2cc(C)cn2)c(C(Oc2cc(-c3ccc(C[C@H](N)C(=O)O)cc3)nc(C)n2)C(F)(F)F)c1. The average molecular weight is 542 g/mol. The fraction of sp³-hybridized carbons (Fsp3) is 0.259. The van der Waals surface area contributed by atoms with Gasteiger partial charge in [-0.15, -0.1) is 0 Å². The molecule has 2 atom stereocenters. The van der Waals surface area contributed by atoms with Crippen LogP contribution in [0.2, 0.25) is 0 Å². The summed E-state index contributed by atoms with van der Waals surface area (Å²) >= 11 is 0. The number of hydrogen-bond acceptors (Lipinski definition) is 7. The molecule has 0 saturated heterocycles. The van der Waals surface area contributed by atoms with Gasteiger partial charge < -0.3 is 20.3 Å². The summed E-state index contributed by atoms with van der Waals surface area (Å²) in [5.74, 6) is -0.970. The Morgan fingerprint density at radius 2 is 1.82 bits per heavy atom. The molecule has 2 aromatic heterocycles. The van der Waals surface area contributed by atoms with Gasteiger partial charge in [0.2, 0.25) is 12.0 Å². The summed E-state index contributed by atoms with van der Waals surface area (Å²) < 4.78 is 55.5. The van der Waals surface area contributed by atoms with Crippen LogP contribution in [0.15, 0.2) is 60.9 Å². The highest BCUT2D eigenvalue weighted by atomic mass is 19.4. The predicted molar refractivity (Wildman–Crippen MR) is 136 cm³/mol. The van der Waals surface area contributed by atoms with Gasteiger partial charge >= 0.3 is 12.1 Å². The van der Waals surface area contributed by atoms with Gasteiger partial charge in [0.1, 0.15) is 17.6 Å². The molecule has 1 unspecified atom stereocenters. The third-order valence-corrected chi connectivity index (χ3v) is 5.85. The first-order chi connectivity index (χ1) is 18.4. The molecule has 0 radical (unpaired) electrons. The third-order valence-electron chi connectivity index (χ3n) is 5.85. The number of aromatic nitrogens is 4. The maximum atomic E-state index is 14.5. The average Bonchev–Trinajstić information content (AvgIpc) is 3.32. The van der Waals surface area contributed by atoms with Gasteiger partial charge in [-0.3, -0.25) is 4.79 Å². The summed E-state index contributed by atoms with van der Waals surface area (Å²) in [4.78, 5) is 19.4. The van der Waals surface area contributed by atoms with Crippen molar-refractivity contribution >= 4 is 5.97 Å². The van der Waals surface area contributed by atoms with E-state index in [-0.39, 0.29) is 35.1 Å². The van der Waals surface area contributed by atoms with Gasteiger partial charge in [0.15, 0.2) is 0 Å². The fourth-order valence-electron chi connectivity index (χ4n) is 3.95. The molecule has 39 heavy (non-hydrogen) atoms. The summed E-state index contributed by atoms with van der Waals surface area (Å²) in [6, 6.07) is 11.3. The van der Waals surface area contributed by atoms with E-state index in [9.17, 15) is 18.0 Å². The number of methoxy groups -OCH3 is 1. The Balaban J connectivity index is 1.71. The first-order valence-corrected chi connectivity index (χ1v) is 11.8. The predicted octanol–water partition coefficient (Wildman–Crippen LogP) is 4.59. The normalized spacial score (nSPS) is 13.1. The van der Waals surface area contributed by atoms with Crippen molar-refractivity contribution in [2.75, 3.05) is 7.11 Å². The van der Waals surface area contributed by atoms with E-state index in [4.69, 9.17) is 20.3 Å². The highest BCUT2D eigenvalue weighted by Gasteiger charge is 2.45. The first-order valence-electron chi connectivity index (χ1n) is 11.8. The molecule has 0 aliphatic rings. The molecule has 0 bridgehead atoms. The van der Waals surface area contributed by atoms with Crippen molar-refractivity contribution in [2.45, 2.75) is 38.6 Å². The van der Waals surface area contributed by atoms with Crippen LogP contribution in [-0.4, -0.2) is 50.2 Å². The second-order valence-corrected chi connectivity index (χ2v) is 8.91. The zero-order valence-electron chi connectivity index (χ0n) is 21.3. The minimum Gasteiger partial charge on any atom is -0.497 e. The molecule has 2 aromatic carbocycles. The zero-order valence-corrected chi connectivity index (χ0v) is 21.3. The Kier molecular flexibility index (Phi) is 7.86. The summed E-state index contributed by atoms with van der Waals surface area (Å²) in [5.41, 5.74) is 7.93. The Labute approximate surface area is 222 Å². The lowest BCUT2D eigenvalue weighted by atomic mass is 10.0. The zero-order chi connectivity index (χ0) is 28.3. The standard InChI is InChI=1S/C27H26F3N5O4/c1-15-13-32-35(14-15)23-9-8-19(38-3)11-20(23)25(27(28,29)30)39-24-12-22(33-16(2)34-24)18-6-4-17(5-7-18)10-21(31)26(36)37/h4-9,11-14,21,25H,10,31H2,1-3H3,(H,36,37)/t21-,25?/m0/s1. The number of alkyl halides is 3. The highest BCUT2D eigenvalue weighted by Crippen LogP contribution is 2.40. The van der Waals surface area contributed by atoms with Crippen LogP contribution in [-0.2, 0) is 11.2 Å². The quantitative estimate of drug-likeness (QED) is 0.315. The number of nitrogens with two attached hydrogens (primary N) is 1. The highest BCUT2D eigenvalue weighted by molar-refractivity contribution is 5.73. The van der Waals surface area contributed by atoms with E-state index in [1.807, 2.05) is 0 Å². The van der Waals surface area contributed by atoms with Crippen LogP contribution in [0, 0.1) is 13.8 Å². The van der Waals surface area contributed by atoms with Gasteiger partial charge in [-0.25, -0.2) is 9.67 Å². The summed E-state index contributed by atoms with van der Waals surface area (Å²) in [5, 5.41) is 13.2. The summed E-state index contributed by atoms with van der Waals surface area (Å²) in [6.45, 7) is 3.32. The van der Waals surface area contributed by atoms with Gasteiger partial charge in [-0.1, -0.05) is 24.3 Å². The fourth-order valence-corrected chi connectivity index (χ4v) is 3.95. The van der Waals surface area contributed by atoms with Gasteiger partial charge in [0.25, 0.3) is 0 Å². The topological polar surface area (TPSA) is 125 Å². The second kappa shape index (κ2) is 11.1. The number of nitrogens with zero attached hydrogens (tertiary/aromatic N) is 4. The number of ether oxygens (including phenoxy) is 2. The number of halogens is 3. The molecule has 0 saturated carbocycles. The van der Waals surface area contributed by atoms with E-state index in [2.05, 4.69) is 15.1 Å². The number of carbonyl (C=O) groups is 1. The van der Waals surface area contributed by atoms with Crippen LogP contribution in [0.25, 0.3) is 16.9 Å². The molecule has 9 nitrogen and oxygen atoms in total.